The van der Waals surface area contributed by atoms with Gasteiger partial charge in [-0.1, -0.05) is 0 Å². The van der Waals surface area contributed by atoms with Gasteiger partial charge in [0.2, 0.25) is 0 Å². The van der Waals surface area contributed by atoms with Gasteiger partial charge in [0, 0.05) is 6.07 Å². The van der Waals surface area contributed by atoms with Crippen molar-refractivity contribution in [3.63, 3.8) is 0 Å². The standard InChI is InChI=1S/C6H5FN2O3/c7-5-4(10)2-1-3(6(5)8)9(11)12/h1-2H,8H2,(H-,10,11,12)/p+1. The van der Waals surface area contributed by atoms with E-state index < -0.39 is 27.9 Å². The molecule has 0 heterocycles. The van der Waals surface area contributed by atoms with Crippen LogP contribution in [0.15, 0.2) is 12.1 Å². The highest BCUT2D eigenvalue weighted by atomic mass is 19.1. The van der Waals surface area contributed by atoms with Crippen LogP contribution in [0.25, 0.3) is 0 Å². The third-order valence-corrected chi connectivity index (χ3v) is 1.34. The highest BCUT2D eigenvalue weighted by Crippen LogP contribution is 2.29. The van der Waals surface area contributed by atoms with Crippen LogP contribution in [-0.2, 0) is 0 Å². The lowest BCUT2D eigenvalue weighted by atomic mass is 10.2. The molecule has 0 atom stereocenters. The first-order valence-corrected chi connectivity index (χ1v) is 2.97. The summed E-state index contributed by atoms with van der Waals surface area (Å²) in [6.07, 6.45) is 0. The van der Waals surface area contributed by atoms with E-state index in [0.29, 0.717) is 0 Å². The number of halogens is 1. The second kappa shape index (κ2) is 2.65. The quantitative estimate of drug-likeness (QED) is 0.435. The van der Waals surface area contributed by atoms with E-state index in [1.807, 2.05) is 0 Å². The van der Waals surface area contributed by atoms with Gasteiger partial charge in [-0.25, -0.2) is 9.60 Å². The van der Waals surface area contributed by atoms with Gasteiger partial charge >= 0.3 is 5.69 Å². The second-order valence-electron chi connectivity index (χ2n) is 2.10. The highest BCUT2D eigenvalue weighted by molar-refractivity contribution is 5.61. The van der Waals surface area contributed by atoms with Crippen LogP contribution in [0.5, 0.6) is 5.75 Å². The second-order valence-corrected chi connectivity index (χ2v) is 2.10. The molecule has 5 nitrogen and oxygen atoms in total. The molecule has 12 heavy (non-hydrogen) atoms. The number of hydrogen-bond acceptors (Lipinski definition) is 3. The van der Waals surface area contributed by atoms with Crippen LogP contribution in [0.1, 0.15) is 0 Å². The summed E-state index contributed by atoms with van der Waals surface area (Å²) in [5.74, 6) is -1.79. The summed E-state index contributed by atoms with van der Waals surface area (Å²) in [5, 5.41) is 17.1. The fourth-order valence-electron chi connectivity index (χ4n) is 0.738. The van der Waals surface area contributed by atoms with Crippen LogP contribution in [0.3, 0.4) is 0 Å². The minimum atomic E-state index is -1.12. The largest absolute Gasteiger partial charge is 0.505 e. The van der Waals surface area contributed by atoms with Crippen LogP contribution < -0.4 is 5.73 Å². The molecule has 0 fully saturated rings. The van der Waals surface area contributed by atoms with Crippen LogP contribution in [-0.4, -0.2) is 15.2 Å². The normalized spacial score (nSPS) is 9.75. The minimum Gasteiger partial charge on any atom is -0.505 e. The number of nitrogens with zero attached hydrogens (tertiary/aromatic N) is 1. The summed E-state index contributed by atoms with van der Waals surface area (Å²) < 4.78 is 12.7. The zero-order valence-electron chi connectivity index (χ0n) is 5.86. The van der Waals surface area contributed by atoms with Crippen LogP contribution in [0, 0.1) is 10.7 Å². The number of anilines is 1. The first-order valence-electron chi connectivity index (χ1n) is 2.97. The first kappa shape index (κ1) is 8.25. The summed E-state index contributed by atoms with van der Waals surface area (Å²) in [4.78, 5) is 9.70. The Morgan fingerprint density at radius 2 is 2.08 bits per heavy atom. The Kier molecular flexibility index (Phi) is 1.82. The molecule has 0 aliphatic rings. The maximum atomic E-state index is 12.7. The van der Waals surface area contributed by atoms with E-state index in [0.717, 1.165) is 12.1 Å². The average molecular weight is 173 g/mol. The summed E-state index contributed by atoms with van der Waals surface area (Å²) >= 11 is 0. The van der Waals surface area contributed by atoms with Gasteiger partial charge in [0.15, 0.2) is 17.3 Å². The molecule has 0 spiro atoms. The Balaban J connectivity index is 3.36. The topological polar surface area (TPSA) is 86.6 Å². The predicted molar refractivity (Wildman–Crippen MR) is 37.6 cm³/mol. The number of hydrogen-bond donors (Lipinski definition) is 3. The molecule has 1 rings (SSSR count). The molecule has 1 aromatic rings. The van der Waals surface area contributed by atoms with Crippen molar-refractivity contribution in [3.05, 3.63) is 22.9 Å². The molecule has 0 aromatic heterocycles. The van der Waals surface area contributed by atoms with Crippen molar-refractivity contribution in [2.75, 3.05) is 5.73 Å². The van der Waals surface area contributed by atoms with Crippen molar-refractivity contribution < 1.29 is 19.6 Å². The highest BCUT2D eigenvalue weighted by Gasteiger charge is 2.21. The number of rotatable bonds is 1. The Hall–Kier alpha value is -1.85. The number of benzene rings is 1. The molecule has 64 valence electrons. The van der Waals surface area contributed by atoms with Gasteiger partial charge in [-0.15, -0.1) is 0 Å². The van der Waals surface area contributed by atoms with Crippen molar-refractivity contribution in [2.45, 2.75) is 0 Å². The van der Waals surface area contributed by atoms with Gasteiger partial charge in [-0.3, -0.25) is 0 Å². The third-order valence-electron chi connectivity index (χ3n) is 1.34. The van der Waals surface area contributed by atoms with E-state index in [4.69, 9.17) is 16.0 Å². The molecule has 0 saturated heterocycles. The van der Waals surface area contributed by atoms with E-state index >= 15 is 0 Å². The SMILES string of the molecule is Nc1c([N+](=O)O)ccc(O)c1F. The number of nitrogen functional groups attached to an aromatic ring is 1. The van der Waals surface area contributed by atoms with Gasteiger partial charge in [-0.2, -0.15) is 0 Å². The molecule has 0 unspecified atom stereocenters. The summed E-state index contributed by atoms with van der Waals surface area (Å²) in [6.45, 7) is 0. The van der Waals surface area contributed by atoms with Crippen molar-refractivity contribution in [1.82, 2.24) is 0 Å². The lowest BCUT2D eigenvalue weighted by molar-refractivity contribution is -0.729. The zero-order chi connectivity index (χ0) is 9.30. The Bertz CT molecular complexity index is 340. The smallest absolute Gasteiger partial charge is 0.342 e. The van der Waals surface area contributed by atoms with Crippen molar-refractivity contribution in [2.24, 2.45) is 0 Å². The van der Waals surface area contributed by atoms with E-state index in [1.165, 1.54) is 0 Å². The Morgan fingerprint density at radius 1 is 1.50 bits per heavy atom. The van der Waals surface area contributed by atoms with Crippen LogP contribution in [0.4, 0.5) is 15.8 Å². The van der Waals surface area contributed by atoms with E-state index in [9.17, 15) is 9.30 Å². The fraction of sp³-hybridized carbons (Fsp3) is 0. The molecule has 0 bridgehead atoms. The Labute approximate surface area is 66.4 Å². The zero-order valence-corrected chi connectivity index (χ0v) is 5.86. The average Bonchev–Trinajstić information content (AvgIpc) is 2.00. The van der Waals surface area contributed by atoms with Gasteiger partial charge < -0.3 is 10.8 Å². The fourth-order valence-corrected chi connectivity index (χ4v) is 0.738. The minimum absolute atomic E-state index is 0.440. The number of nitrogens with two attached hydrogens (primary N) is 1. The van der Waals surface area contributed by atoms with Gasteiger partial charge in [0.1, 0.15) is 0 Å². The number of phenolic OH excluding ortho intramolecular Hbond substituents is 1. The van der Waals surface area contributed by atoms with Crippen LogP contribution >= 0.6 is 0 Å². The predicted octanol–water partition coefficient (Wildman–Crippen LogP) is 0.913. The lowest BCUT2D eigenvalue weighted by Gasteiger charge is -1.96. The molecule has 1 aromatic carbocycles. The van der Waals surface area contributed by atoms with Gasteiger partial charge in [0.25, 0.3) is 4.92 Å². The molecular weight excluding hydrogens is 167 g/mol. The molecule has 4 N–H and O–H groups in total. The van der Waals surface area contributed by atoms with Crippen molar-refractivity contribution >= 4 is 11.4 Å². The molecule has 6 heteroatoms. The number of phenols is 1. The summed E-state index contributed by atoms with van der Waals surface area (Å²) in [6, 6.07) is 1.92. The molecule has 0 aliphatic heterocycles. The van der Waals surface area contributed by atoms with E-state index in [1.54, 1.807) is 0 Å². The molecule has 0 saturated carbocycles. The first-order chi connectivity index (χ1) is 5.54. The van der Waals surface area contributed by atoms with Gasteiger partial charge in [0.05, 0.1) is 4.91 Å². The number of aromatic hydroxyl groups is 1. The van der Waals surface area contributed by atoms with Crippen molar-refractivity contribution in [1.29, 1.82) is 0 Å². The maximum Gasteiger partial charge on any atom is 0.342 e. The molecular formula is C6H6FN2O3+. The summed E-state index contributed by atoms with van der Waals surface area (Å²) in [5.41, 5.74) is 4.02. The molecule has 0 aliphatic carbocycles. The van der Waals surface area contributed by atoms with Crippen molar-refractivity contribution in [3.8, 4) is 5.75 Å². The van der Waals surface area contributed by atoms with E-state index in [-0.39, 0.29) is 0 Å². The lowest BCUT2D eigenvalue weighted by Crippen LogP contribution is -2.00. The molecule has 0 radical (unpaired) electrons. The third kappa shape index (κ3) is 1.14. The van der Waals surface area contributed by atoms with Gasteiger partial charge in [-0.05, 0) is 6.07 Å². The molecule has 0 amide bonds. The Morgan fingerprint density at radius 3 is 2.58 bits per heavy atom. The van der Waals surface area contributed by atoms with Crippen LogP contribution in [0.2, 0.25) is 0 Å². The monoisotopic (exact) mass is 173 g/mol. The maximum absolute atomic E-state index is 12.7. The van der Waals surface area contributed by atoms with E-state index in [2.05, 4.69) is 0 Å². The summed E-state index contributed by atoms with van der Waals surface area (Å²) in [7, 11) is 0.